The summed E-state index contributed by atoms with van der Waals surface area (Å²) in [5, 5.41) is 2.90. The Labute approximate surface area is 159 Å². The number of rotatable bonds is 5. The number of halogens is 3. The van der Waals surface area contributed by atoms with E-state index in [0.717, 1.165) is 6.07 Å². The fourth-order valence-corrected chi connectivity index (χ4v) is 3.51. The van der Waals surface area contributed by atoms with Crippen LogP contribution in [-0.4, -0.2) is 27.7 Å². The van der Waals surface area contributed by atoms with Crippen LogP contribution < -0.4 is 10.3 Å². The summed E-state index contributed by atoms with van der Waals surface area (Å²) >= 11 is 4.50. The van der Waals surface area contributed by atoms with Crippen molar-refractivity contribution in [3.8, 4) is 0 Å². The van der Waals surface area contributed by atoms with Crippen molar-refractivity contribution in [2.24, 2.45) is 0 Å². The van der Waals surface area contributed by atoms with Gasteiger partial charge in [0.15, 0.2) is 17.2 Å². The highest BCUT2D eigenvalue weighted by atomic mass is 79.9. The Morgan fingerprint density at radius 3 is 3.00 bits per heavy atom. The van der Waals surface area contributed by atoms with Crippen LogP contribution in [-0.2, 0) is 10.5 Å². The summed E-state index contributed by atoms with van der Waals surface area (Å²) in [7, 11) is 0. The van der Waals surface area contributed by atoms with Crippen LogP contribution in [0.3, 0.4) is 0 Å². The number of anilines is 1. The summed E-state index contributed by atoms with van der Waals surface area (Å²) in [6.07, 6.45) is -0.633. The molecule has 0 bridgehead atoms. The number of imidazole rings is 1. The Morgan fingerprint density at radius 2 is 2.23 bits per heavy atom. The van der Waals surface area contributed by atoms with E-state index in [0.29, 0.717) is 20.9 Å². The number of amides is 1. The molecule has 0 aliphatic carbocycles. The number of ether oxygens (including phenoxy) is 1. The van der Waals surface area contributed by atoms with Gasteiger partial charge in [-0.2, -0.15) is 0 Å². The number of aromatic nitrogens is 4. The minimum atomic E-state index is -0.890. The normalized spacial score (nSPS) is 10.9. The zero-order chi connectivity index (χ0) is 18.7. The quantitative estimate of drug-likeness (QED) is 0.355. The Balaban J connectivity index is 1.79. The summed E-state index contributed by atoms with van der Waals surface area (Å²) in [6.45, 7) is 1.93. The van der Waals surface area contributed by atoms with Crippen molar-refractivity contribution >= 4 is 50.9 Å². The van der Waals surface area contributed by atoms with E-state index in [4.69, 9.17) is 4.74 Å². The standard InChI is InChI=1S/C15H12BrF2N5O2S/c1-2-25-15(24)23-13-19-10-11(16)20-14(22-12(10)21-13)26-6-7-4-3-5-8(17)9(7)18/h3-5H,2,6H2,1H3,(H2,19,20,21,22,23,24)/p+1. The van der Waals surface area contributed by atoms with E-state index in [1.807, 2.05) is 0 Å². The Kier molecular flexibility index (Phi) is 5.67. The van der Waals surface area contributed by atoms with Gasteiger partial charge in [-0.25, -0.2) is 23.9 Å². The topological polar surface area (TPSA) is 94.0 Å². The third-order valence-electron chi connectivity index (χ3n) is 3.23. The molecular weight excluding hydrogens is 432 g/mol. The summed E-state index contributed by atoms with van der Waals surface area (Å²) < 4.78 is 32.2. The monoisotopic (exact) mass is 444 g/mol. The van der Waals surface area contributed by atoms with Gasteiger partial charge in [0, 0.05) is 11.3 Å². The van der Waals surface area contributed by atoms with Gasteiger partial charge in [0.25, 0.3) is 16.8 Å². The molecule has 3 rings (SSSR count). The van der Waals surface area contributed by atoms with Crippen molar-refractivity contribution in [2.75, 3.05) is 11.9 Å². The number of carbonyl (C=O) groups excluding carboxylic acids is 1. The van der Waals surface area contributed by atoms with Gasteiger partial charge in [0.2, 0.25) is 4.60 Å². The first kappa shape index (κ1) is 18.5. The van der Waals surface area contributed by atoms with E-state index >= 15 is 0 Å². The first-order valence-electron chi connectivity index (χ1n) is 7.46. The van der Waals surface area contributed by atoms with Crippen LogP contribution in [0.15, 0.2) is 28.0 Å². The molecule has 0 unspecified atom stereocenters. The zero-order valence-corrected chi connectivity index (χ0v) is 15.8. The number of fused-ring (bicyclic) bond motifs is 1. The lowest BCUT2D eigenvalue weighted by Gasteiger charge is -2.01. The molecule has 0 saturated heterocycles. The summed E-state index contributed by atoms with van der Waals surface area (Å²) in [5.41, 5.74) is 1.20. The number of carbonyl (C=O) groups is 1. The third-order valence-corrected chi connectivity index (χ3v) is 4.72. The molecule has 1 aromatic carbocycles. The molecule has 3 N–H and O–H groups in total. The third kappa shape index (κ3) is 4.10. The van der Waals surface area contributed by atoms with Crippen molar-refractivity contribution in [3.63, 3.8) is 0 Å². The summed E-state index contributed by atoms with van der Waals surface area (Å²) in [6, 6.07) is 4.03. The number of thioether (sulfide) groups is 1. The van der Waals surface area contributed by atoms with E-state index < -0.39 is 17.7 Å². The SMILES string of the molecule is CCOC(=O)Nc1nc2[nH+]c(SCc3cccc(F)c3F)nc(Br)c2[nH]1. The second-order valence-electron chi connectivity index (χ2n) is 4.99. The lowest BCUT2D eigenvalue weighted by Crippen LogP contribution is -2.14. The van der Waals surface area contributed by atoms with Crippen molar-refractivity contribution in [2.45, 2.75) is 17.8 Å². The molecule has 1 amide bonds. The largest absolute Gasteiger partial charge is 0.450 e. The van der Waals surface area contributed by atoms with E-state index in [2.05, 4.69) is 41.2 Å². The highest BCUT2D eigenvalue weighted by Gasteiger charge is 2.20. The molecule has 0 spiro atoms. The van der Waals surface area contributed by atoms with Gasteiger partial charge in [0.05, 0.1) is 6.61 Å². The minimum Gasteiger partial charge on any atom is -0.450 e. The second kappa shape index (κ2) is 7.96. The van der Waals surface area contributed by atoms with Crippen LogP contribution in [0.5, 0.6) is 0 Å². The number of hydrogen-bond acceptors (Lipinski definition) is 5. The number of hydrogen-bond donors (Lipinski definition) is 2. The molecule has 2 aromatic heterocycles. The van der Waals surface area contributed by atoms with Gasteiger partial charge >= 0.3 is 6.09 Å². The lowest BCUT2D eigenvalue weighted by atomic mass is 10.2. The molecule has 0 atom stereocenters. The molecule has 136 valence electrons. The maximum absolute atomic E-state index is 13.7. The first-order valence-corrected chi connectivity index (χ1v) is 9.23. The number of nitrogens with zero attached hydrogens (tertiary/aromatic N) is 2. The van der Waals surface area contributed by atoms with Gasteiger partial charge in [-0.05, 0) is 40.7 Å². The Hall–Kier alpha value is -2.27. The predicted molar refractivity (Wildman–Crippen MR) is 94.7 cm³/mol. The summed E-state index contributed by atoms with van der Waals surface area (Å²) in [4.78, 5) is 25.8. The Bertz CT molecular complexity index is 969. The second-order valence-corrected chi connectivity index (χ2v) is 6.70. The lowest BCUT2D eigenvalue weighted by molar-refractivity contribution is -0.405. The number of H-pyrrole nitrogens is 2. The van der Waals surface area contributed by atoms with Gasteiger partial charge in [-0.3, -0.25) is 0 Å². The number of nitrogens with one attached hydrogen (secondary N) is 3. The highest BCUT2D eigenvalue weighted by Crippen LogP contribution is 2.25. The van der Waals surface area contributed by atoms with Crippen LogP contribution in [0.2, 0.25) is 0 Å². The Morgan fingerprint density at radius 1 is 1.42 bits per heavy atom. The van der Waals surface area contributed by atoms with Crippen LogP contribution in [0.4, 0.5) is 19.5 Å². The molecule has 0 fully saturated rings. The van der Waals surface area contributed by atoms with E-state index in [1.165, 1.54) is 23.9 Å². The van der Waals surface area contributed by atoms with Crippen molar-refractivity contribution in [3.05, 3.63) is 40.0 Å². The molecule has 2 heterocycles. The zero-order valence-electron chi connectivity index (χ0n) is 13.4. The molecule has 26 heavy (non-hydrogen) atoms. The smallest absolute Gasteiger partial charge is 0.415 e. The van der Waals surface area contributed by atoms with Gasteiger partial charge in [0.1, 0.15) is 0 Å². The highest BCUT2D eigenvalue weighted by molar-refractivity contribution is 9.10. The molecule has 11 heteroatoms. The molecule has 0 saturated carbocycles. The fraction of sp³-hybridized carbons (Fsp3) is 0.200. The van der Waals surface area contributed by atoms with Crippen LogP contribution >= 0.6 is 27.7 Å². The van der Waals surface area contributed by atoms with Gasteiger partial charge in [-0.15, -0.1) is 0 Å². The maximum atomic E-state index is 13.7. The molecule has 3 aromatic rings. The van der Waals surface area contributed by atoms with Crippen molar-refractivity contribution in [1.29, 1.82) is 0 Å². The molecule has 7 nitrogen and oxygen atoms in total. The molecular formula is C15H13BrF2N5O2S+. The van der Waals surface area contributed by atoms with E-state index in [-0.39, 0.29) is 23.9 Å². The number of aromatic amines is 2. The average Bonchev–Trinajstić information content (AvgIpc) is 2.99. The van der Waals surface area contributed by atoms with Crippen molar-refractivity contribution in [1.82, 2.24) is 15.0 Å². The molecule has 0 aliphatic heterocycles. The number of benzene rings is 1. The van der Waals surface area contributed by atoms with Crippen LogP contribution in [0.1, 0.15) is 12.5 Å². The van der Waals surface area contributed by atoms with Crippen LogP contribution in [0, 0.1) is 11.6 Å². The van der Waals surface area contributed by atoms with E-state index in [1.54, 1.807) is 6.92 Å². The minimum absolute atomic E-state index is 0.184. The fourth-order valence-electron chi connectivity index (χ4n) is 2.08. The predicted octanol–water partition coefficient (Wildman–Crippen LogP) is 3.67. The van der Waals surface area contributed by atoms with Crippen LogP contribution in [0.25, 0.3) is 11.2 Å². The average molecular weight is 445 g/mol. The summed E-state index contributed by atoms with van der Waals surface area (Å²) in [5.74, 6) is -1.39. The van der Waals surface area contributed by atoms with Crippen molar-refractivity contribution < 1.29 is 23.3 Å². The maximum Gasteiger partial charge on any atom is 0.415 e. The first-order chi connectivity index (χ1) is 12.5. The molecule has 0 aliphatic rings. The van der Waals surface area contributed by atoms with Gasteiger partial charge < -0.3 is 9.72 Å². The molecule has 0 radical (unpaired) electrons. The van der Waals surface area contributed by atoms with Gasteiger partial charge in [-0.1, -0.05) is 22.1 Å². The van der Waals surface area contributed by atoms with E-state index in [9.17, 15) is 13.6 Å².